The smallest absolute Gasteiger partial charge is 0.545 e. The monoisotopic (exact) mass is 318 g/mol. The van der Waals surface area contributed by atoms with Gasteiger partial charge in [0, 0.05) is 6.42 Å². The fraction of sp³-hybridized carbons (Fsp3) is 0.455. The van der Waals surface area contributed by atoms with Gasteiger partial charge in [0.15, 0.2) is 0 Å². The number of carboxylic acids is 2. The molecular weight excluding hydrogens is 306 g/mol. The van der Waals surface area contributed by atoms with Gasteiger partial charge >= 0.3 is 103 Å². The molecule has 0 aliphatic heterocycles. The third-order valence-corrected chi connectivity index (χ3v) is 2.48. The maximum atomic E-state index is 10.6. The van der Waals surface area contributed by atoms with Crippen LogP contribution in [-0.4, -0.2) is 35.9 Å². The van der Waals surface area contributed by atoms with Gasteiger partial charge < -0.3 is 29.6 Å². The van der Waals surface area contributed by atoms with Gasteiger partial charge in [0.1, 0.15) is 0 Å². The number of carbonyl (C=O) groups excluding carboxylic acids is 2. The molecule has 0 bridgehead atoms. The maximum absolute atomic E-state index is 10.6. The van der Waals surface area contributed by atoms with E-state index in [0.29, 0.717) is 0 Å². The summed E-state index contributed by atoms with van der Waals surface area (Å²) in [4.78, 5) is 21.0. The summed E-state index contributed by atoms with van der Waals surface area (Å²) in [7, 11) is 0. The first-order valence-corrected chi connectivity index (χ1v) is 5.01. The first kappa shape index (κ1) is 22.9. The zero-order chi connectivity index (χ0) is 13.0. The van der Waals surface area contributed by atoms with Crippen LogP contribution in [-0.2, 0) is 14.3 Å². The molecule has 0 amide bonds. The number of carbonyl (C=O) groups is 2. The molecule has 0 fully saturated rings. The Balaban J connectivity index is 0. The van der Waals surface area contributed by atoms with E-state index in [9.17, 15) is 24.9 Å². The van der Waals surface area contributed by atoms with Gasteiger partial charge in [-0.1, -0.05) is 12.7 Å². The average molecular weight is 318 g/mol. The van der Waals surface area contributed by atoms with E-state index in [2.05, 4.69) is 6.58 Å². The molecule has 94 valence electrons. The van der Waals surface area contributed by atoms with Crippen LogP contribution >= 0.6 is 0 Å². The second kappa shape index (κ2) is 11.2. The summed E-state index contributed by atoms with van der Waals surface area (Å²) in [5.41, 5.74) is -0.221. The van der Waals surface area contributed by atoms with Crippen molar-refractivity contribution < 1.29 is 132 Å². The third kappa shape index (κ3) is 7.98. The molecule has 0 saturated heterocycles. The topological polar surface area (TPSA) is 110 Å². The van der Waals surface area contributed by atoms with Crippen molar-refractivity contribution >= 4 is 11.9 Å². The standard InChI is InChI=1S/C11H14O6.2K/c1-6(10(13)14)5-17-9-4-7(11(15)16)2-3-8(9)12;;/h2,8-9,12H,1,3-5H2,(H,13,14)(H,15,16);;/q;2*+1/p-2/t8-,9-;;/m1../s1. The number of ether oxygens (including phenoxy) is 1. The first-order chi connectivity index (χ1) is 7.91. The van der Waals surface area contributed by atoms with Crippen molar-refractivity contribution in [2.45, 2.75) is 25.0 Å². The maximum Gasteiger partial charge on any atom is 1.00 e. The number of aliphatic hydroxyl groups is 1. The molecular formula is C11H12K2O6. The average Bonchev–Trinajstić information content (AvgIpc) is 2.26. The Kier molecular flexibility index (Phi) is 13.5. The number of aliphatic hydroxyl groups excluding tert-OH is 1. The van der Waals surface area contributed by atoms with Crippen LogP contribution in [0, 0.1) is 0 Å². The van der Waals surface area contributed by atoms with Crippen LogP contribution in [0.25, 0.3) is 0 Å². The zero-order valence-electron chi connectivity index (χ0n) is 11.0. The Morgan fingerprint density at radius 2 is 2.00 bits per heavy atom. The zero-order valence-corrected chi connectivity index (χ0v) is 17.3. The minimum Gasteiger partial charge on any atom is -0.545 e. The van der Waals surface area contributed by atoms with E-state index in [1.165, 1.54) is 6.08 Å². The summed E-state index contributed by atoms with van der Waals surface area (Å²) >= 11 is 0. The Bertz CT molecular complexity index is 379. The minimum atomic E-state index is -1.44. The molecule has 1 rings (SSSR count). The van der Waals surface area contributed by atoms with Gasteiger partial charge in [0.05, 0.1) is 30.8 Å². The molecule has 8 heteroatoms. The molecule has 0 aromatic carbocycles. The van der Waals surface area contributed by atoms with Crippen molar-refractivity contribution in [3.63, 3.8) is 0 Å². The predicted octanol–water partition coefficient (Wildman–Crippen LogP) is -8.48. The van der Waals surface area contributed by atoms with E-state index in [0.717, 1.165) is 0 Å². The van der Waals surface area contributed by atoms with Crippen LogP contribution in [0.15, 0.2) is 23.8 Å². The van der Waals surface area contributed by atoms with Crippen LogP contribution in [0.5, 0.6) is 0 Å². The fourth-order valence-electron chi connectivity index (χ4n) is 1.45. The number of aliphatic carboxylic acids is 2. The van der Waals surface area contributed by atoms with Gasteiger partial charge in [-0.2, -0.15) is 0 Å². The Morgan fingerprint density at radius 1 is 1.42 bits per heavy atom. The number of hydrogen-bond acceptors (Lipinski definition) is 6. The summed E-state index contributed by atoms with van der Waals surface area (Å²) in [5, 5.41) is 30.5. The minimum absolute atomic E-state index is 0. The van der Waals surface area contributed by atoms with Gasteiger partial charge in [0.25, 0.3) is 0 Å². The summed E-state index contributed by atoms with van der Waals surface area (Å²) in [6.45, 7) is 2.89. The van der Waals surface area contributed by atoms with Crippen molar-refractivity contribution in [3.05, 3.63) is 23.8 Å². The van der Waals surface area contributed by atoms with Gasteiger partial charge in [-0.25, -0.2) is 0 Å². The van der Waals surface area contributed by atoms with E-state index >= 15 is 0 Å². The largest absolute Gasteiger partial charge is 1.00 e. The number of rotatable bonds is 5. The molecule has 1 N–H and O–H groups in total. The van der Waals surface area contributed by atoms with Crippen molar-refractivity contribution in [2.24, 2.45) is 0 Å². The van der Waals surface area contributed by atoms with Crippen molar-refractivity contribution in [1.29, 1.82) is 0 Å². The molecule has 0 spiro atoms. The molecule has 1 aliphatic rings. The molecule has 6 nitrogen and oxygen atoms in total. The van der Waals surface area contributed by atoms with Crippen LogP contribution < -0.4 is 113 Å². The molecule has 0 radical (unpaired) electrons. The first-order valence-electron chi connectivity index (χ1n) is 5.01. The SMILES string of the molecule is C=C(CO[C@@H]1CC(C(=O)[O-])=CC[C@H]1O)C(=O)[O-].[K+].[K+]. The number of hydrogen-bond donors (Lipinski definition) is 1. The second-order valence-corrected chi connectivity index (χ2v) is 3.76. The summed E-state index contributed by atoms with van der Waals surface area (Å²) < 4.78 is 5.10. The molecule has 0 aromatic heterocycles. The molecule has 0 heterocycles. The normalized spacial score (nSPS) is 21.4. The van der Waals surface area contributed by atoms with Gasteiger partial charge in [-0.15, -0.1) is 0 Å². The second-order valence-electron chi connectivity index (χ2n) is 3.76. The Labute approximate surface area is 196 Å². The van der Waals surface area contributed by atoms with Crippen molar-refractivity contribution in [2.75, 3.05) is 6.61 Å². The fourth-order valence-corrected chi connectivity index (χ4v) is 1.45. The Morgan fingerprint density at radius 3 is 2.47 bits per heavy atom. The van der Waals surface area contributed by atoms with Crippen molar-refractivity contribution in [3.8, 4) is 0 Å². The quantitative estimate of drug-likeness (QED) is 0.398. The molecule has 0 unspecified atom stereocenters. The van der Waals surface area contributed by atoms with E-state index in [-0.39, 0.29) is 133 Å². The van der Waals surface area contributed by atoms with Crippen LogP contribution in [0.1, 0.15) is 12.8 Å². The van der Waals surface area contributed by atoms with Crippen LogP contribution in [0.4, 0.5) is 0 Å². The van der Waals surface area contributed by atoms with E-state index < -0.39 is 24.1 Å². The summed E-state index contributed by atoms with van der Waals surface area (Å²) in [6, 6.07) is 0. The molecule has 2 atom stereocenters. The number of carboxylic acid groups (broad SMARTS) is 2. The summed E-state index contributed by atoms with van der Waals surface area (Å²) in [6.07, 6.45) is -0.167. The van der Waals surface area contributed by atoms with Gasteiger partial charge in [-0.3, -0.25) is 0 Å². The summed E-state index contributed by atoms with van der Waals surface area (Å²) in [5.74, 6) is -2.75. The van der Waals surface area contributed by atoms with Crippen molar-refractivity contribution in [1.82, 2.24) is 0 Å². The predicted molar refractivity (Wildman–Crippen MR) is 52.2 cm³/mol. The molecule has 19 heavy (non-hydrogen) atoms. The van der Waals surface area contributed by atoms with E-state index in [1.54, 1.807) is 0 Å². The molecule has 0 saturated carbocycles. The van der Waals surface area contributed by atoms with Crippen LogP contribution in [0.2, 0.25) is 0 Å². The van der Waals surface area contributed by atoms with E-state index in [1.807, 2.05) is 0 Å². The van der Waals surface area contributed by atoms with E-state index in [4.69, 9.17) is 4.74 Å². The molecule has 0 aromatic rings. The molecule has 1 aliphatic carbocycles. The van der Waals surface area contributed by atoms with Crippen LogP contribution in [0.3, 0.4) is 0 Å². The third-order valence-electron chi connectivity index (χ3n) is 2.48. The Hall–Kier alpha value is 1.61. The van der Waals surface area contributed by atoms with Gasteiger partial charge in [-0.05, 0) is 17.6 Å². The van der Waals surface area contributed by atoms with Gasteiger partial charge in [0.2, 0.25) is 0 Å².